The van der Waals surface area contributed by atoms with Gasteiger partial charge in [0.05, 0.1) is 12.6 Å². The molecule has 0 spiro atoms. The lowest BCUT2D eigenvalue weighted by Gasteiger charge is -2.15. The van der Waals surface area contributed by atoms with E-state index in [2.05, 4.69) is 21.2 Å². The fraction of sp³-hybridized carbons (Fsp3) is 0.286. The Morgan fingerprint density at radius 2 is 2.21 bits per heavy atom. The number of hydrogen-bond donors (Lipinski definition) is 1. The number of ether oxygens (including phenoxy) is 1. The summed E-state index contributed by atoms with van der Waals surface area (Å²) in [6.07, 6.45) is 0. The van der Waals surface area contributed by atoms with Gasteiger partial charge in [-0.05, 0) is 53.4 Å². The van der Waals surface area contributed by atoms with Gasteiger partial charge in [-0.25, -0.2) is 4.39 Å². The van der Waals surface area contributed by atoms with Crippen LogP contribution >= 0.6 is 27.3 Å². The van der Waals surface area contributed by atoms with Crippen molar-refractivity contribution in [2.75, 3.05) is 11.9 Å². The van der Waals surface area contributed by atoms with Gasteiger partial charge in [-0.3, -0.25) is 0 Å². The second-order valence-electron chi connectivity index (χ2n) is 4.08. The van der Waals surface area contributed by atoms with Crippen molar-refractivity contribution in [2.24, 2.45) is 0 Å². The highest BCUT2D eigenvalue weighted by atomic mass is 79.9. The van der Waals surface area contributed by atoms with Gasteiger partial charge in [0, 0.05) is 21.1 Å². The lowest BCUT2D eigenvalue weighted by Crippen LogP contribution is -2.06. The molecule has 2 aromatic rings. The van der Waals surface area contributed by atoms with Crippen molar-refractivity contribution in [1.82, 2.24) is 0 Å². The van der Waals surface area contributed by atoms with Crippen LogP contribution in [0.1, 0.15) is 24.8 Å². The summed E-state index contributed by atoms with van der Waals surface area (Å²) < 4.78 is 20.0. The molecule has 2 rings (SSSR count). The summed E-state index contributed by atoms with van der Waals surface area (Å²) in [7, 11) is 0. The van der Waals surface area contributed by atoms with Gasteiger partial charge in [0.25, 0.3) is 0 Å². The summed E-state index contributed by atoms with van der Waals surface area (Å²) >= 11 is 5.17. The fourth-order valence-corrected chi connectivity index (χ4v) is 3.52. The molecule has 1 atom stereocenters. The van der Waals surface area contributed by atoms with Crippen molar-refractivity contribution >= 4 is 33.0 Å². The number of benzene rings is 1. The van der Waals surface area contributed by atoms with E-state index in [1.807, 2.05) is 31.4 Å². The second-order valence-corrected chi connectivity index (χ2v) is 5.88. The predicted octanol–water partition coefficient (Wildman–Crippen LogP) is 5.22. The average Bonchev–Trinajstić information content (AvgIpc) is 2.79. The van der Waals surface area contributed by atoms with Crippen LogP contribution < -0.4 is 10.1 Å². The van der Waals surface area contributed by atoms with Crippen LogP contribution in [0.5, 0.6) is 5.75 Å². The maximum absolute atomic E-state index is 13.7. The smallest absolute Gasteiger partial charge is 0.167 e. The molecule has 102 valence electrons. The first-order valence-corrected chi connectivity index (χ1v) is 7.71. The topological polar surface area (TPSA) is 21.3 Å². The number of thiophene rings is 1. The van der Waals surface area contributed by atoms with Crippen LogP contribution in [0, 0.1) is 5.82 Å². The summed E-state index contributed by atoms with van der Waals surface area (Å²) in [5.41, 5.74) is 0.744. The molecule has 0 bridgehead atoms. The van der Waals surface area contributed by atoms with Crippen LogP contribution in [0.2, 0.25) is 0 Å². The fourth-order valence-electron chi connectivity index (χ4n) is 1.79. The summed E-state index contributed by atoms with van der Waals surface area (Å²) in [6.45, 7) is 4.34. The molecule has 1 unspecified atom stereocenters. The first kappa shape index (κ1) is 14.3. The SMILES string of the molecule is CCOc1ccc(NC(C)c2sccc2Br)cc1F. The van der Waals surface area contributed by atoms with Crippen molar-refractivity contribution < 1.29 is 9.13 Å². The van der Waals surface area contributed by atoms with Crippen LogP contribution in [0.25, 0.3) is 0 Å². The molecule has 19 heavy (non-hydrogen) atoms. The maximum Gasteiger partial charge on any atom is 0.167 e. The van der Waals surface area contributed by atoms with Crippen LogP contribution in [0.3, 0.4) is 0 Å². The molecule has 0 radical (unpaired) electrons. The molecule has 5 heteroatoms. The summed E-state index contributed by atoms with van der Waals surface area (Å²) in [5.74, 6) is -0.0534. The van der Waals surface area contributed by atoms with Crippen LogP contribution in [-0.4, -0.2) is 6.61 Å². The Morgan fingerprint density at radius 3 is 2.79 bits per heavy atom. The van der Waals surface area contributed by atoms with Gasteiger partial charge in [-0.1, -0.05) is 0 Å². The Hall–Kier alpha value is -1.07. The van der Waals surface area contributed by atoms with Crippen molar-refractivity contribution in [3.8, 4) is 5.75 Å². The molecule has 0 saturated carbocycles. The van der Waals surface area contributed by atoms with Crippen molar-refractivity contribution in [2.45, 2.75) is 19.9 Å². The van der Waals surface area contributed by atoms with E-state index in [9.17, 15) is 4.39 Å². The molecule has 2 nitrogen and oxygen atoms in total. The van der Waals surface area contributed by atoms with E-state index in [0.717, 1.165) is 10.2 Å². The lowest BCUT2D eigenvalue weighted by molar-refractivity contribution is 0.321. The van der Waals surface area contributed by atoms with Gasteiger partial charge in [-0.2, -0.15) is 0 Å². The largest absolute Gasteiger partial charge is 0.491 e. The molecular weight excluding hydrogens is 329 g/mol. The maximum atomic E-state index is 13.7. The average molecular weight is 344 g/mol. The third-order valence-corrected chi connectivity index (χ3v) is 4.71. The standard InChI is InChI=1S/C14H15BrFNOS/c1-3-18-13-5-4-10(8-12(13)16)17-9(2)14-11(15)6-7-19-14/h4-9,17H,3H2,1-2H3. The van der Waals surface area contributed by atoms with E-state index < -0.39 is 0 Å². The molecule has 1 aromatic heterocycles. The molecule has 1 aromatic carbocycles. The van der Waals surface area contributed by atoms with Gasteiger partial charge in [-0.15, -0.1) is 11.3 Å². The van der Waals surface area contributed by atoms with E-state index in [0.29, 0.717) is 6.61 Å². The minimum atomic E-state index is -0.343. The normalized spacial score (nSPS) is 12.2. The quantitative estimate of drug-likeness (QED) is 0.803. The predicted molar refractivity (Wildman–Crippen MR) is 81.6 cm³/mol. The van der Waals surface area contributed by atoms with Gasteiger partial charge >= 0.3 is 0 Å². The van der Waals surface area contributed by atoms with Gasteiger partial charge < -0.3 is 10.1 Å². The highest BCUT2D eigenvalue weighted by Gasteiger charge is 2.12. The Labute approximate surface area is 124 Å². The molecular formula is C14H15BrFNOS. The highest BCUT2D eigenvalue weighted by Crippen LogP contribution is 2.31. The molecule has 0 aliphatic rings. The van der Waals surface area contributed by atoms with Crippen LogP contribution in [-0.2, 0) is 0 Å². The van der Waals surface area contributed by atoms with E-state index in [1.165, 1.54) is 10.9 Å². The molecule has 1 N–H and O–H groups in total. The zero-order valence-corrected chi connectivity index (χ0v) is 13.1. The summed E-state index contributed by atoms with van der Waals surface area (Å²) in [6, 6.07) is 7.07. The first-order chi connectivity index (χ1) is 9.11. The second kappa shape index (κ2) is 6.39. The van der Waals surface area contributed by atoms with E-state index in [4.69, 9.17) is 4.74 Å². The van der Waals surface area contributed by atoms with E-state index in [1.54, 1.807) is 17.4 Å². The molecule has 0 saturated heterocycles. The lowest BCUT2D eigenvalue weighted by atomic mass is 10.2. The molecule has 0 amide bonds. The van der Waals surface area contributed by atoms with Crippen LogP contribution in [0.4, 0.5) is 10.1 Å². The molecule has 0 aliphatic heterocycles. The number of rotatable bonds is 5. The Morgan fingerprint density at radius 1 is 1.42 bits per heavy atom. The van der Waals surface area contributed by atoms with Crippen molar-refractivity contribution in [3.05, 3.63) is 44.8 Å². The summed E-state index contributed by atoms with van der Waals surface area (Å²) in [5, 5.41) is 5.30. The van der Waals surface area contributed by atoms with E-state index in [-0.39, 0.29) is 17.6 Å². The number of nitrogens with one attached hydrogen (secondary N) is 1. The summed E-state index contributed by atoms with van der Waals surface area (Å²) in [4.78, 5) is 1.19. The monoisotopic (exact) mass is 343 g/mol. The van der Waals surface area contributed by atoms with Gasteiger partial charge in [0.1, 0.15) is 0 Å². The molecule has 0 fully saturated rings. The molecule has 0 aliphatic carbocycles. The third kappa shape index (κ3) is 3.48. The Kier molecular flexibility index (Phi) is 4.82. The first-order valence-electron chi connectivity index (χ1n) is 6.03. The zero-order valence-electron chi connectivity index (χ0n) is 10.7. The van der Waals surface area contributed by atoms with Gasteiger partial charge in [0.15, 0.2) is 11.6 Å². The van der Waals surface area contributed by atoms with Gasteiger partial charge in [0.2, 0.25) is 0 Å². The van der Waals surface area contributed by atoms with Crippen molar-refractivity contribution in [3.63, 3.8) is 0 Å². The minimum absolute atomic E-state index is 0.117. The molecule has 1 heterocycles. The number of hydrogen-bond acceptors (Lipinski definition) is 3. The number of halogens is 2. The Bertz CT molecular complexity index is 558. The van der Waals surface area contributed by atoms with Crippen molar-refractivity contribution in [1.29, 1.82) is 0 Å². The van der Waals surface area contributed by atoms with E-state index >= 15 is 0 Å². The number of anilines is 1. The highest BCUT2D eigenvalue weighted by molar-refractivity contribution is 9.10. The minimum Gasteiger partial charge on any atom is -0.491 e. The van der Waals surface area contributed by atoms with Crippen LogP contribution in [0.15, 0.2) is 34.1 Å². The Balaban J connectivity index is 2.11. The third-order valence-electron chi connectivity index (χ3n) is 2.65. The zero-order chi connectivity index (χ0) is 13.8.